The Morgan fingerprint density at radius 2 is 1.79 bits per heavy atom. The molecule has 0 saturated carbocycles. The van der Waals surface area contributed by atoms with Crippen LogP contribution in [0.25, 0.3) is 0 Å². The molecule has 0 fully saturated rings. The lowest BCUT2D eigenvalue weighted by molar-refractivity contribution is 0.132. The summed E-state index contributed by atoms with van der Waals surface area (Å²) in [7, 11) is 0. The molecular formula is C22H33Cl2NO3. The number of aryl methyl sites for hydroxylation is 2. The van der Waals surface area contributed by atoms with E-state index in [0.717, 1.165) is 47.6 Å². The first-order valence-corrected chi connectivity index (χ1v) is 10.5. The van der Waals surface area contributed by atoms with Crippen LogP contribution in [0.3, 0.4) is 0 Å². The highest BCUT2D eigenvalue weighted by molar-refractivity contribution is 6.55. The van der Waals surface area contributed by atoms with Crippen molar-refractivity contribution in [3.05, 3.63) is 33.8 Å². The van der Waals surface area contributed by atoms with E-state index in [-0.39, 0.29) is 9.91 Å². The standard InChI is InChI=1S/C22H33Cl2NO3/c1-7-18-15-19(26-13-10-20(23)24)14-16(2)21(18)27-11-8-9-12-28-25-17(3)22(4,5)6/h10,14-15H,7-9,11-13H2,1-6H3. The maximum atomic E-state index is 6.04. The molecule has 0 saturated heterocycles. The third-order valence-electron chi connectivity index (χ3n) is 4.36. The van der Waals surface area contributed by atoms with Crippen LogP contribution >= 0.6 is 23.2 Å². The average molecular weight is 430 g/mol. The maximum absolute atomic E-state index is 6.04. The van der Waals surface area contributed by atoms with Gasteiger partial charge in [0, 0.05) is 5.41 Å². The summed E-state index contributed by atoms with van der Waals surface area (Å²) >= 11 is 11.2. The van der Waals surface area contributed by atoms with Gasteiger partial charge in [0.2, 0.25) is 0 Å². The predicted octanol–water partition coefficient (Wildman–Crippen LogP) is 6.85. The summed E-state index contributed by atoms with van der Waals surface area (Å²) in [4.78, 5) is 5.41. The molecule has 1 aromatic rings. The van der Waals surface area contributed by atoms with Gasteiger partial charge in [0.05, 0.1) is 12.3 Å². The van der Waals surface area contributed by atoms with Crippen LogP contribution < -0.4 is 9.47 Å². The molecule has 158 valence electrons. The van der Waals surface area contributed by atoms with Gasteiger partial charge in [-0.2, -0.15) is 0 Å². The van der Waals surface area contributed by atoms with Crippen LogP contribution in [0.15, 0.2) is 27.9 Å². The van der Waals surface area contributed by atoms with Crippen molar-refractivity contribution in [1.82, 2.24) is 0 Å². The molecule has 0 atom stereocenters. The fraction of sp³-hybridized carbons (Fsp3) is 0.591. The van der Waals surface area contributed by atoms with Crippen molar-refractivity contribution < 1.29 is 14.3 Å². The number of nitrogens with zero attached hydrogens (tertiary/aromatic N) is 1. The number of hydrogen-bond donors (Lipinski definition) is 0. The molecule has 1 aromatic carbocycles. The Morgan fingerprint density at radius 1 is 1.11 bits per heavy atom. The van der Waals surface area contributed by atoms with Gasteiger partial charge < -0.3 is 14.3 Å². The fourth-order valence-corrected chi connectivity index (χ4v) is 2.41. The molecule has 0 aromatic heterocycles. The highest BCUT2D eigenvalue weighted by atomic mass is 35.5. The highest BCUT2D eigenvalue weighted by Gasteiger charge is 2.14. The van der Waals surface area contributed by atoms with Crippen LogP contribution in [0, 0.1) is 12.3 Å². The molecule has 0 bridgehead atoms. The van der Waals surface area contributed by atoms with Gasteiger partial charge in [-0.25, -0.2) is 0 Å². The van der Waals surface area contributed by atoms with Crippen molar-refractivity contribution in [3.8, 4) is 11.5 Å². The van der Waals surface area contributed by atoms with E-state index in [2.05, 4.69) is 32.9 Å². The normalized spacial score (nSPS) is 11.9. The quantitative estimate of drug-likeness (QED) is 0.219. The van der Waals surface area contributed by atoms with E-state index >= 15 is 0 Å². The van der Waals surface area contributed by atoms with Gasteiger partial charge in [-0.15, -0.1) is 0 Å². The SMILES string of the molecule is CCc1cc(OCC=C(Cl)Cl)cc(C)c1OCCCCON=C(C)C(C)(C)C. The van der Waals surface area contributed by atoms with Gasteiger partial charge >= 0.3 is 0 Å². The number of ether oxygens (including phenoxy) is 2. The fourth-order valence-electron chi connectivity index (χ4n) is 2.29. The largest absolute Gasteiger partial charge is 0.493 e. The van der Waals surface area contributed by atoms with Crippen molar-refractivity contribution >= 4 is 28.9 Å². The van der Waals surface area contributed by atoms with Gasteiger partial charge in [-0.05, 0) is 62.4 Å². The summed E-state index contributed by atoms with van der Waals surface area (Å²) in [5.41, 5.74) is 3.21. The van der Waals surface area contributed by atoms with Gasteiger partial charge in [0.1, 0.15) is 29.2 Å². The van der Waals surface area contributed by atoms with Gasteiger partial charge in [0.15, 0.2) is 0 Å². The Balaban J connectivity index is 2.48. The minimum Gasteiger partial charge on any atom is -0.493 e. The lowest BCUT2D eigenvalue weighted by atomic mass is 9.91. The summed E-state index contributed by atoms with van der Waals surface area (Å²) in [5.74, 6) is 1.72. The second-order valence-corrected chi connectivity index (χ2v) is 8.71. The number of hydrogen-bond acceptors (Lipinski definition) is 4. The molecule has 0 spiro atoms. The third-order valence-corrected chi connectivity index (χ3v) is 4.67. The Bertz CT molecular complexity index is 675. The molecule has 1 rings (SSSR count). The van der Waals surface area contributed by atoms with Gasteiger partial charge in [-0.3, -0.25) is 0 Å². The molecule has 28 heavy (non-hydrogen) atoms. The molecular weight excluding hydrogens is 397 g/mol. The topological polar surface area (TPSA) is 40.0 Å². The van der Waals surface area contributed by atoms with Crippen molar-refractivity contribution in [2.45, 2.75) is 60.8 Å². The van der Waals surface area contributed by atoms with Crippen LogP contribution in [-0.4, -0.2) is 25.5 Å². The van der Waals surface area contributed by atoms with Crippen LogP contribution in [0.4, 0.5) is 0 Å². The monoisotopic (exact) mass is 429 g/mol. The Hall–Kier alpha value is -1.39. The Kier molecular flexibility index (Phi) is 10.8. The van der Waals surface area contributed by atoms with Crippen molar-refractivity contribution in [2.75, 3.05) is 19.8 Å². The molecule has 0 aliphatic carbocycles. The van der Waals surface area contributed by atoms with Gasteiger partial charge in [0.25, 0.3) is 0 Å². The molecule has 0 N–H and O–H groups in total. The number of benzene rings is 1. The molecule has 6 heteroatoms. The molecule has 0 unspecified atom stereocenters. The molecule has 0 aliphatic heterocycles. The first-order chi connectivity index (χ1) is 13.1. The summed E-state index contributed by atoms with van der Waals surface area (Å²) in [6, 6.07) is 3.98. The maximum Gasteiger partial charge on any atom is 0.125 e. The molecule has 0 aliphatic rings. The third kappa shape index (κ3) is 9.20. The minimum absolute atomic E-state index is 0.0413. The highest BCUT2D eigenvalue weighted by Crippen LogP contribution is 2.30. The van der Waals surface area contributed by atoms with E-state index in [1.54, 1.807) is 6.08 Å². The van der Waals surface area contributed by atoms with E-state index in [4.69, 9.17) is 37.5 Å². The first-order valence-electron chi connectivity index (χ1n) is 9.72. The summed E-state index contributed by atoms with van der Waals surface area (Å²) in [6.07, 6.45) is 4.28. The second-order valence-electron chi connectivity index (χ2n) is 7.70. The smallest absolute Gasteiger partial charge is 0.125 e. The zero-order valence-corrected chi connectivity index (χ0v) is 19.4. The van der Waals surface area contributed by atoms with E-state index in [0.29, 0.717) is 19.8 Å². The van der Waals surface area contributed by atoms with E-state index in [9.17, 15) is 0 Å². The van der Waals surface area contributed by atoms with Crippen molar-refractivity contribution in [3.63, 3.8) is 0 Å². The number of halogens is 2. The number of rotatable bonds is 11. The van der Waals surface area contributed by atoms with Crippen LogP contribution in [0.2, 0.25) is 0 Å². The van der Waals surface area contributed by atoms with Crippen LogP contribution in [-0.2, 0) is 11.3 Å². The summed E-state index contributed by atoms with van der Waals surface area (Å²) in [6.45, 7) is 14.1. The van der Waals surface area contributed by atoms with E-state index < -0.39 is 0 Å². The van der Waals surface area contributed by atoms with Crippen molar-refractivity contribution in [1.29, 1.82) is 0 Å². The molecule has 4 nitrogen and oxygen atoms in total. The zero-order valence-electron chi connectivity index (χ0n) is 17.9. The van der Waals surface area contributed by atoms with Crippen molar-refractivity contribution in [2.24, 2.45) is 10.6 Å². The molecule has 0 heterocycles. The van der Waals surface area contributed by atoms with Crippen LogP contribution in [0.5, 0.6) is 11.5 Å². The number of oxime groups is 1. The molecule has 0 amide bonds. The molecule has 0 radical (unpaired) electrons. The Morgan fingerprint density at radius 3 is 2.39 bits per heavy atom. The number of unbranched alkanes of at least 4 members (excludes halogenated alkanes) is 1. The Labute approximate surface area is 179 Å². The second kappa shape index (κ2) is 12.2. The first kappa shape index (κ1) is 24.6. The summed E-state index contributed by atoms with van der Waals surface area (Å²) < 4.78 is 11.9. The van der Waals surface area contributed by atoms with E-state index in [1.165, 1.54) is 0 Å². The van der Waals surface area contributed by atoms with Crippen LogP contribution in [0.1, 0.15) is 58.6 Å². The van der Waals surface area contributed by atoms with E-state index in [1.807, 2.05) is 26.0 Å². The van der Waals surface area contributed by atoms with Gasteiger partial charge in [-0.1, -0.05) is 56.1 Å². The zero-order chi connectivity index (χ0) is 21.2. The predicted molar refractivity (Wildman–Crippen MR) is 119 cm³/mol. The lowest BCUT2D eigenvalue weighted by Crippen LogP contribution is -2.17. The summed E-state index contributed by atoms with van der Waals surface area (Å²) in [5, 5.41) is 4.18. The minimum atomic E-state index is 0.0413. The lowest BCUT2D eigenvalue weighted by Gasteiger charge is -2.17. The average Bonchev–Trinajstić information content (AvgIpc) is 2.60.